The van der Waals surface area contributed by atoms with Gasteiger partial charge in [-0.05, 0) is 48.9 Å². The lowest BCUT2D eigenvalue weighted by molar-refractivity contribution is 0.107. The van der Waals surface area contributed by atoms with Crippen LogP contribution in [0.1, 0.15) is 5.56 Å². The van der Waals surface area contributed by atoms with E-state index in [1.807, 2.05) is 36.4 Å². The van der Waals surface area contributed by atoms with Crippen molar-refractivity contribution in [3.63, 3.8) is 0 Å². The maximum atomic E-state index is 12.7. The van der Waals surface area contributed by atoms with Crippen LogP contribution < -0.4 is 20.2 Å². The standard InChI is InChI=1S/C25H25NO5.ClH/c1-29-21-10-4-2-7-17(21)13-14-26-15-18(27)16-30-23-12-6-9-20-24(28)19-8-3-5-11-22(19)31-25(20)23;/h2-12,18,26-27H,13-16H2,1H3;1H. The number of aliphatic hydroxyl groups is 1. The molecule has 0 fully saturated rings. The molecule has 2 N–H and O–H groups in total. The lowest BCUT2D eigenvalue weighted by atomic mass is 10.1. The Morgan fingerprint density at radius 1 is 0.969 bits per heavy atom. The van der Waals surface area contributed by atoms with Crippen LogP contribution in [0, 0.1) is 0 Å². The molecule has 0 aliphatic carbocycles. The van der Waals surface area contributed by atoms with Gasteiger partial charge in [-0.15, -0.1) is 12.4 Å². The Bertz CT molecular complexity index is 1240. The van der Waals surface area contributed by atoms with Crippen LogP contribution >= 0.6 is 12.4 Å². The Morgan fingerprint density at radius 2 is 1.69 bits per heavy atom. The van der Waals surface area contributed by atoms with E-state index in [1.54, 1.807) is 37.4 Å². The van der Waals surface area contributed by atoms with Gasteiger partial charge in [0.2, 0.25) is 5.43 Å². The van der Waals surface area contributed by atoms with Crippen molar-refractivity contribution in [1.29, 1.82) is 0 Å². The maximum absolute atomic E-state index is 12.7. The zero-order valence-corrected chi connectivity index (χ0v) is 18.6. The summed E-state index contributed by atoms with van der Waals surface area (Å²) < 4.78 is 17.1. The predicted octanol–water partition coefficient (Wildman–Crippen LogP) is 3.95. The van der Waals surface area contributed by atoms with Crippen LogP contribution in [-0.2, 0) is 6.42 Å². The van der Waals surface area contributed by atoms with Crippen molar-refractivity contribution in [3.05, 3.63) is 82.5 Å². The summed E-state index contributed by atoms with van der Waals surface area (Å²) in [5, 5.41) is 14.5. The maximum Gasteiger partial charge on any atom is 0.200 e. The average Bonchev–Trinajstić information content (AvgIpc) is 2.81. The van der Waals surface area contributed by atoms with Crippen molar-refractivity contribution in [3.8, 4) is 11.5 Å². The van der Waals surface area contributed by atoms with Gasteiger partial charge in [0.15, 0.2) is 11.3 Å². The summed E-state index contributed by atoms with van der Waals surface area (Å²) >= 11 is 0. The van der Waals surface area contributed by atoms with Crippen LogP contribution in [-0.4, -0.2) is 38.0 Å². The van der Waals surface area contributed by atoms with E-state index < -0.39 is 6.10 Å². The number of hydrogen-bond acceptors (Lipinski definition) is 6. The topological polar surface area (TPSA) is 80.9 Å². The van der Waals surface area contributed by atoms with Gasteiger partial charge in [0.05, 0.1) is 17.9 Å². The first kappa shape index (κ1) is 23.6. The van der Waals surface area contributed by atoms with Gasteiger partial charge in [-0.1, -0.05) is 36.4 Å². The van der Waals surface area contributed by atoms with E-state index >= 15 is 0 Å². The molecule has 1 atom stereocenters. The summed E-state index contributed by atoms with van der Waals surface area (Å²) in [6.07, 6.45) is 0.0826. The first-order valence-electron chi connectivity index (χ1n) is 10.3. The molecule has 7 heteroatoms. The number of fused-ring (bicyclic) bond motifs is 2. The number of para-hydroxylation sites is 3. The van der Waals surface area contributed by atoms with E-state index in [9.17, 15) is 9.90 Å². The third-order valence-electron chi connectivity index (χ3n) is 5.14. The number of hydrogen-bond donors (Lipinski definition) is 2. The fourth-order valence-electron chi connectivity index (χ4n) is 3.56. The largest absolute Gasteiger partial charge is 0.496 e. The Balaban J connectivity index is 0.00000289. The minimum Gasteiger partial charge on any atom is -0.496 e. The molecule has 1 heterocycles. The van der Waals surface area contributed by atoms with Crippen molar-refractivity contribution in [2.75, 3.05) is 26.8 Å². The smallest absolute Gasteiger partial charge is 0.200 e. The molecule has 32 heavy (non-hydrogen) atoms. The number of halogens is 1. The lowest BCUT2D eigenvalue weighted by Gasteiger charge is -2.14. The molecule has 4 aromatic rings. The van der Waals surface area contributed by atoms with Gasteiger partial charge in [0, 0.05) is 6.54 Å². The number of nitrogens with one attached hydrogen (secondary N) is 1. The third-order valence-corrected chi connectivity index (χ3v) is 5.14. The zero-order valence-electron chi connectivity index (χ0n) is 17.7. The molecule has 0 bridgehead atoms. The molecule has 4 rings (SSSR count). The van der Waals surface area contributed by atoms with Gasteiger partial charge < -0.3 is 24.3 Å². The molecule has 0 amide bonds. The predicted molar refractivity (Wildman–Crippen MR) is 128 cm³/mol. The van der Waals surface area contributed by atoms with Crippen LogP contribution in [0.3, 0.4) is 0 Å². The monoisotopic (exact) mass is 455 g/mol. The quantitative estimate of drug-likeness (QED) is 0.294. The van der Waals surface area contributed by atoms with E-state index in [0.29, 0.717) is 40.8 Å². The van der Waals surface area contributed by atoms with Crippen molar-refractivity contribution >= 4 is 34.3 Å². The highest BCUT2D eigenvalue weighted by Crippen LogP contribution is 2.27. The Morgan fingerprint density at radius 3 is 2.53 bits per heavy atom. The Kier molecular flexibility index (Phi) is 8.11. The molecule has 0 aliphatic heterocycles. The second-order valence-corrected chi connectivity index (χ2v) is 7.29. The van der Waals surface area contributed by atoms with Gasteiger partial charge in [0.1, 0.15) is 24.0 Å². The van der Waals surface area contributed by atoms with Crippen LogP contribution in [0.2, 0.25) is 0 Å². The third kappa shape index (κ3) is 5.22. The normalized spacial score (nSPS) is 11.8. The van der Waals surface area contributed by atoms with Crippen LogP contribution in [0.15, 0.2) is 75.9 Å². The molecule has 0 aliphatic rings. The van der Waals surface area contributed by atoms with E-state index in [4.69, 9.17) is 13.9 Å². The summed E-state index contributed by atoms with van der Waals surface area (Å²) in [4.78, 5) is 12.7. The zero-order chi connectivity index (χ0) is 21.6. The second kappa shape index (κ2) is 11.0. The van der Waals surface area contributed by atoms with Gasteiger partial charge in [0.25, 0.3) is 0 Å². The van der Waals surface area contributed by atoms with Gasteiger partial charge in [-0.25, -0.2) is 0 Å². The highest BCUT2D eigenvalue weighted by atomic mass is 35.5. The van der Waals surface area contributed by atoms with Gasteiger partial charge >= 0.3 is 0 Å². The number of rotatable bonds is 9. The second-order valence-electron chi connectivity index (χ2n) is 7.29. The van der Waals surface area contributed by atoms with Crippen LogP contribution in [0.5, 0.6) is 11.5 Å². The molecule has 1 unspecified atom stereocenters. The number of benzene rings is 3. The number of ether oxygens (including phenoxy) is 2. The highest BCUT2D eigenvalue weighted by Gasteiger charge is 2.13. The van der Waals surface area contributed by atoms with Gasteiger partial charge in [-0.3, -0.25) is 4.79 Å². The molecule has 0 radical (unpaired) electrons. The molecule has 3 aromatic carbocycles. The first-order valence-corrected chi connectivity index (χ1v) is 10.3. The summed E-state index contributed by atoms with van der Waals surface area (Å²) in [5.74, 6) is 1.30. The first-order chi connectivity index (χ1) is 15.2. The number of aliphatic hydroxyl groups excluding tert-OH is 1. The van der Waals surface area contributed by atoms with E-state index in [1.165, 1.54) is 0 Å². The molecule has 6 nitrogen and oxygen atoms in total. The molecule has 168 valence electrons. The minimum atomic E-state index is -0.708. The lowest BCUT2D eigenvalue weighted by Crippen LogP contribution is -2.32. The van der Waals surface area contributed by atoms with Crippen molar-refractivity contribution in [1.82, 2.24) is 5.32 Å². The van der Waals surface area contributed by atoms with Crippen molar-refractivity contribution in [2.45, 2.75) is 12.5 Å². The SMILES string of the molecule is COc1ccccc1CCNCC(O)COc1cccc2c(=O)c3ccccc3oc12.Cl. The summed E-state index contributed by atoms with van der Waals surface area (Å²) in [6.45, 7) is 1.16. The fraction of sp³-hybridized carbons (Fsp3) is 0.240. The molecule has 0 saturated heterocycles. The molecular weight excluding hydrogens is 430 g/mol. The van der Waals surface area contributed by atoms with Crippen molar-refractivity contribution < 1.29 is 19.0 Å². The summed E-state index contributed by atoms with van der Waals surface area (Å²) in [7, 11) is 1.66. The molecule has 1 aromatic heterocycles. The summed E-state index contributed by atoms with van der Waals surface area (Å²) in [6, 6.07) is 20.2. The minimum absolute atomic E-state index is 0. The van der Waals surface area contributed by atoms with E-state index in [2.05, 4.69) is 5.32 Å². The highest BCUT2D eigenvalue weighted by molar-refractivity contribution is 5.92. The Labute approximate surface area is 192 Å². The molecular formula is C25H26ClNO5. The molecule has 0 spiro atoms. The Hall–Kier alpha value is -3.06. The van der Waals surface area contributed by atoms with Gasteiger partial charge in [-0.2, -0.15) is 0 Å². The van der Waals surface area contributed by atoms with Crippen molar-refractivity contribution in [2.24, 2.45) is 0 Å². The van der Waals surface area contributed by atoms with E-state index in [0.717, 1.165) is 17.7 Å². The molecule has 0 saturated carbocycles. The average molecular weight is 456 g/mol. The van der Waals surface area contributed by atoms with Crippen LogP contribution in [0.25, 0.3) is 21.9 Å². The van der Waals surface area contributed by atoms with Crippen LogP contribution in [0.4, 0.5) is 0 Å². The van der Waals surface area contributed by atoms with E-state index in [-0.39, 0.29) is 24.4 Å². The fourth-order valence-corrected chi connectivity index (χ4v) is 3.56. The summed E-state index contributed by atoms with van der Waals surface area (Å²) in [5.41, 5.74) is 1.92. The number of methoxy groups -OCH3 is 1.